The molecular weight excluding hydrogens is 389 g/mol. The van der Waals surface area contributed by atoms with E-state index in [1.165, 1.54) is 4.68 Å². The number of aromatic nitrogens is 3. The summed E-state index contributed by atoms with van der Waals surface area (Å²) in [5, 5.41) is 16.4. The van der Waals surface area contributed by atoms with Gasteiger partial charge in [-0.25, -0.2) is 17.9 Å². The molecule has 0 bridgehead atoms. The van der Waals surface area contributed by atoms with Crippen LogP contribution in [-0.2, 0) is 17.9 Å². The van der Waals surface area contributed by atoms with Crippen molar-refractivity contribution in [3.8, 4) is 0 Å². The lowest BCUT2D eigenvalue weighted by Crippen LogP contribution is -2.31. The van der Waals surface area contributed by atoms with Crippen molar-refractivity contribution in [3.63, 3.8) is 0 Å². The molecule has 0 saturated carbocycles. The maximum absolute atomic E-state index is 13.6. The summed E-state index contributed by atoms with van der Waals surface area (Å²) >= 11 is 0. The SMILES string of the molecule is COC1=CCC(Nc2nc(=O)c(CO)nn2Cc2cc(F)c(F)c(F)c2)C(C)=C1. The topological polar surface area (TPSA) is 89.3 Å². The van der Waals surface area contributed by atoms with Crippen molar-refractivity contribution >= 4 is 5.95 Å². The third-order valence-corrected chi connectivity index (χ3v) is 4.48. The molecular formula is C19H19F3N4O3. The van der Waals surface area contributed by atoms with Crippen molar-refractivity contribution in [1.29, 1.82) is 0 Å². The average molecular weight is 408 g/mol. The van der Waals surface area contributed by atoms with E-state index in [0.717, 1.165) is 17.7 Å². The highest BCUT2D eigenvalue weighted by molar-refractivity contribution is 5.37. The lowest BCUT2D eigenvalue weighted by atomic mass is 10.00. The van der Waals surface area contributed by atoms with Gasteiger partial charge in [-0.1, -0.05) is 0 Å². The van der Waals surface area contributed by atoms with Gasteiger partial charge in [0.15, 0.2) is 23.1 Å². The van der Waals surface area contributed by atoms with Crippen LogP contribution in [0.1, 0.15) is 24.6 Å². The van der Waals surface area contributed by atoms with Gasteiger partial charge in [0.2, 0.25) is 5.95 Å². The molecule has 154 valence electrons. The molecule has 1 unspecified atom stereocenters. The molecule has 7 nitrogen and oxygen atoms in total. The standard InChI is InChI=1S/C19H19F3N4O3/c1-10-5-12(29-2)3-4-15(10)23-19-24-18(28)16(9-27)25-26(19)8-11-6-13(20)17(22)14(21)7-11/h3,5-7,15,27H,4,8-9H2,1-2H3,(H,23,24,28). The van der Waals surface area contributed by atoms with Gasteiger partial charge in [0, 0.05) is 0 Å². The van der Waals surface area contributed by atoms with Crippen LogP contribution >= 0.6 is 0 Å². The predicted octanol–water partition coefficient (Wildman–Crippen LogP) is 2.26. The lowest BCUT2D eigenvalue weighted by molar-refractivity contribution is 0.270. The quantitative estimate of drug-likeness (QED) is 0.713. The number of hydrogen-bond donors (Lipinski definition) is 2. The highest BCUT2D eigenvalue weighted by atomic mass is 19.2. The van der Waals surface area contributed by atoms with Crippen LogP contribution in [0.4, 0.5) is 19.1 Å². The molecule has 1 aliphatic carbocycles. The van der Waals surface area contributed by atoms with Gasteiger partial charge in [-0.3, -0.25) is 4.79 Å². The summed E-state index contributed by atoms with van der Waals surface area (Å²) in [7, 11) is 1.56. The molecule has 10 heteroatoms. The molecule has 0 radical (unpaired) electrons. The molecule has 2 aromatic rings. The molecule has 0 spiro atoms. The molecule has 1 heterocycles. The fourth-order valence-electron chi connectivity index (χ4n) is 2.92. The Morgan fingerprint density at radius 2 is 2.00 bits per heavy atom. The molecule has 0 aliphatic heterocycles. The second-order valence-electron chi connectivity index (χ2n) is 6.51. The summed E-state index contributed by atoms with van der Waals surface area (Å²) in [6.45, 7) is 1.01. The van der Waals surface area contributed by atoms with E-state index in [0.29, 0.717) is 12.2 Å². The Morgan fingerprint density at radius 3 is 2.59 bits per heavy atom. The second kappa shape index (κ2) is 8.48. The van der Waals surface area contributed by atoms with Gasteiger partial charge in [-0.15, -0.1) is 0 Å². The number of aliphatic hydroxyl groups excluding tert-OH is 1. The van der Waals surface area contributed by atoms with E-state index in [4.69, 9.17) is 4.74 Å². The fourth-order valence-corrected chi connectivity index (χ4v) is 2.92. The largest absolute Gasteiger partial charge is 0.497 e. The Kier molecular flexibility index (Phi) is 6.02. The number of benzene rings is 1. The monoisotopic (exact) mass is 408 g/mol. The van der Waals surface area contributed by atoms with Crippen LogP contribution < -0.4 is 10.9 Å². The van der Waals surface area contributed by atoms with Crippen LogP contribution in [-0.4, -0.2) is 33.0 Å². The number of allylic oxidation sites excluding steroid dienone is 1. The normalized spacial score (nSPS) is 16.3. The van der Waals surface area contributed by atoms with Crippen molar-refractivity contribution in [2.24, 2.45) is 0 Å². The van der Waals surface area contributed by atoms with Gasteiger partial charge in [0.05, 0.1) is 26.3 Å². The third-order valence-electron chi connectivity index (χ3n) is 4.48. The average Bonchev–Trinajstić information content (AvgIpc) is 2.69. The Bertz CT molecular complexity index is 1030. The van der Waals surface area contributed by atoms with Crippen molar-refractivity contribution in [1.82, 2.24) is 14.8 Å². The van der Waals surface area contributed by atoms with Gasteiger partial charge in [0.25, 0.3) is 5.56 Å². The van der Waals surface area contributed by atoms with E-state index in [1.807, 2.05) is 19.1 Å². The molecule has 1 aliphatic rings. The summed E-state index contributed by atoms with van der Waals surface area (Å²) in [6.07, 6.45) is 4.22. The van der Waals surface area contributed by atoms with Crippen molar-refractivity contribution in [2.45, 2.75) is 32.5 Å². The zero-order valence-electron chi connectivity index (χ0n) is 15.7. The second-order valence-corrected chi connectivity index (χ2v) is 6.51. The van der Waals surface area contributed by atoms with Gasteiger partial charge < -0.3 is 15.2 Å². The lowest BCUT2D eigenvalue weighted by Gasteiger charge is -2.24. The highest BCUT2D eigenvalue weighted by Crippen LogP contribution is 2.21. The molecule has 0 saturated heterocycles. The minimum absolute atomic E-state index is 0.0457. The first-order valence-electron chi connectivity index (χ1n) is 8.73. The molecule has 1 aromatic carbocycles. The molecule has 0 fully saturated rings. The van der Waals surface area contributed by atoms with Crippen LogP contribution in [0.25, 0.3) is 0 Å². The number of anilines is 1. The smallest absolute Gasteiger partial charge is 0.298 e. The first kappa shape index (κ1) is 20.6. The Labute approximate surface area is 164 Å². The number of nitrogens with one attached hydrogen (secondary N) is 1. The summed E-state index contributed by atoms with van der Waals surface area (Å²) < 4.78 is 46.7. The van der Waals surface area contributed by atoms with Crippen LogP contribution in [0.5, 0.6) is 0 Å². The first-order chi connectivity index (χ1) is 13.8. The van der Waals surface area contributed by atoms with Crippen LogP contribution in [0.2, 0.25) is 0 Å². The first-order valence-corrected chi connectivity index (χ1v) is 8.73. The number of aliphatic hydroxyl groups is 1. The summed E-state index contributed by atoms with van der Waals surface area (Å²) in [4.78, 5) is 16.0. The fraction of sp³-hybridized carbons (Fsp3) is 0.316. The molecule has 0 amide bonds. The predicted molar refractivity (Wildman–Crippen MR) is 98.5 cm³/mol. The molecule has 3 rings (SSSR count). The molecule has 2 N–H and O–H groups in total. The van der Waals surface area contributed by atoms with Gasteiger partial charge in [-0.2, -0.15) is 10.1 Å². The highest BCUT2D eigenvalue weighted by Gasteiger charge is 2.19. The maximum Gasteiger partial charge on any atom is 0.298 e. The Morgan fingerprint density at radius 1 is 1.31 bits per heavy atom. The summed E-state index contributed by atoms with van der Waals surface area (Å²) in [6, 6.07) is 1.44. The minimum Gasteiger partial charge on any atom is -0.497 e. The van der Waals surface area contributed by atoms with E-state index in [9.17, 15) is 23.1 Å². The van der Waals surface area contributed by atoms with Crippen LogP contribution in [0, 0.1) is 17.5 Å². The van der Waals surface area contributed by atoms with E-state index in [-0.39, 0.29) is 29.8 Å². The van der Waals surface area contributed by atoms with Crippen LogP contribution in [0.3, 0.4) is 0 Å². The van der Waals surface area contributed by atoms with E-state index in [1.54, 1.807) is 7.11 Å². The Balaban J connectivity index is 1.95. The minimum atomic E-state index is -1.57. The number of ether oxygens (including phenoxy) is 1. The Hall–Kier alpha value is -3.14. The molecule has 1 atom stereocenters. The number of methoxy groups -OCH3 is 1. The number of nitrogens with zero attached hydrogens (tertiary/aromatic N) is 3. The number of halogens is 3. The summed E-state index contributed by atoms with van der Waals surface area (Å²) in [5.41, 5.74) is 0.0309. The maximum atomic E-state index is 13.6. The molecule has 1 aromatic heterocycles. The number of hydrogen-bond acceptors (Lipinski definition) is 6. The van der Waals surface area contributed by atoms with E-state index < -0.39 is 29.6 Å². The van der Waals surface area contributed by atoms with E-state index in [2.05, 4.69) is 15.4 Å². The van der Waals surface area contributed by atoms with E-state index >= 15 is 0 Å². The van der Waals surface area contributed by atoms with Gasteiger partial charge >= 0.3 is 0 Å². The third kappa shape index (κ3) is 4.48. The van der Waals surface area contributed by atoms with Crippen LogP contribution in [0.15, 0.2) is 40.4 Å². The van der Waals surface area contributed by atoms with Gasteiger partial charge in [0.1, 0.15) is 5.76 Å². The number of rotatable bonds is 6. The van der Waals surface area contributed by atoms with Gasteiger partial charge in [-0.05, 0) is 48.8 Å². The molecule has 29 heavy (non-hydrogen) atoms. The zero-order valence-corrected chi connectivity index (χ0v) is 15.7. The van der Waals surface area contributed by atoms with Crippen molar-refractivity contribution < 1.29 is 23.0 Å². The van der Waals surface area contributed by atoms with Crippen molar-refractivity contribution in [2.75, 3.05) is 12.4 Å². The zero-order chi connectivity index (χ0) is 21.1. The van der Waals surface area contributed by atoms with Crippen molar-refractivity contribution in [3.05, 3.63) is 74.7 Å². The summed E-state index contributed by atoms with van der Waals surface area (Å²) in [5.74, 6) is -3.50.